The number of nitrogens with one attached hydrogen (secondary N) is 2. The molecule has 24 heavy (non-hydrogen) atoms. The zero-order chi connectivity index (χ0) is 17.4. The molecule has 0 atom stereocenters. The Morgan fingerprint density at radius 2 is 2.12 bits per heavy atom. The molecule has 0 fully saturated rings. The summed E-state index contributed by atoms with van der Waals surface area (Å²) in [4.78, 5) is 12.7. The van der Waals surface area contributed by atoms with E-state index in [0.29, 0.717) is 17.6 Å². The van der Waals surface area contributed by atoms with Gasteiger partial charge in [-0.05, 0) is 24.0 Å². The maximum atomic E-state index is 5.79. The van der Waals surface area contributed by atoms with Crippen LogP contribution in [0.15, 0.2) is 35.7 Å². The SMILES string of the molecule is CN=C(NCCc1ccc(Cl)nc1)NCc1nccn1CC(C)C. The first-order valence-electron chi connectivity index (χ1n) is 8.13. The van der Waals surface area contributed by atoms with Crippen LogP contribution in [-0.2, 0) is 19.5 Å². The van der Waals surface area contributed by atoms with Gasteiger partial charge in [-0.2, -0.15) is 0 Å². The predicted octanol–water partition coefficient (Wildman–Crippen LogP) is 2.50. The largest absolute Gasteiger partial charge is 0.356 e. The Hall–Kier alpha value is -2.08. The lowest BCUT2D eigenvalue weighted by Gasteiger charge is -2.14. The zero-order valence-electron chi connectivity index (χ0n) is 14.5. The molecule has 130 valence electrons. The van der Waals surface area contributed by atoms with Gasteiger partial charge < -0.3 is 15.2 Å². The van der Waals surface area contributed by atoms with E-state index in [1.54, 1.807) is 19.3 Å². The lowest BCUT2D eigenvalue weighted by molar-refractivity contribution is 0.503. The Morgan fingerprint density at radius 1 is 1.29 bits per heavy atom. The summed E-state index contributed by atoms with van der Waals surface area (Å²) in [5, 5.41) is 7.11. The molecule has 0 amide bonds. The average Bonchev–Trinajstić information content (AvgIpc) is 2.99. The van der Waals surface area contributed by atoms with Crippen molar-refractivity contribution in [2.45, 2.75) is 33.4 Å². The van der Waals surface area contributed by atoms with Crippen LogP contribution in [0.1, 0.15) is 25.2 Å². The van der Waals surface area contributed by atoms with Gasteiger partial charge in [0.15, 0.2) is 5.96 Å². The highest BCUT2D eigenvalue weighted by Crippen LogP contribution is 2.05. The van der Waals surface area contributed by atoms with Crippen LogP contribution in [0.5, 0.6) is 0 Å². The van der Waals surface area contributed by atoms with Crippen molar-refractivity contribution in [3.05, 3.63) is 47.3 Å². The number of aliphatic imine (C=N–C) groups is 1. The van der Waals surface area contributed by atoms with Crippen molar-refractivity contribution in [3.8, 4) is 0 Å². The highest BCUT2D eigenvalue weighted by molar-refractivity contribution is 6.29. The molecule has 2 N–H and O–H groups in total. The minimum absolute atomic E-state index is 0.515. The van der Waals surface area contributed by atoms with Gasteiger partial charge in [0, 0.05) is 38.7 Å². The van der Waals surface area contributed by atoms with Crippen LogP contribution in [0.25, 0.3) is 0 Å². The second-order valence-corrected chi connectivity index (χ2v) is 6.37. The number of nitrogens with zero attached hydrogens (tertiary/aromatic N) is 4. The van der Waals surface area contributed by atoms with Gasteiger partial charge in [-0.3, -0.25) is 4.99 Å². The van der Waals surface area contributed by atoms with Crippen LogP contribution in [0, 0.1) is 5.92 Å². The van der Waals surface area contributed by atoms with Crippen molar-refractivity contribution in [2.24, 2.45) is 10.9 Å². The molecule has 0 aliphatic rings. The summed E-state index contributed by atoms with van der Waals surface area (Å²) in [5.74, 6) is 2.35. The Morgan fingerprint density at radius 3 is 2.79 bits per heavy atom. The van der Waals surface area contributed by atoms with Crippen LogP contribution in [0.4, 0.5) is 0 Å². The maximum Gasteiger partial charge on any atom is 0.191 e. The highest BCUT2D eigenvalue weighted by atomic mass is 35.5. The Labute approximate surface area is 148 Å². The fourth-order valence-electron chi connectivity index (χ4n) is 2.33. The van der Waals surface area contributed by atoms with E-state index in [0.717, 1.165) is 36.9 Å². The Kier molecular flexibility index (Phi) is 7.06. The van der Waals surface area contributed by atoms with Gasteiger partial charge in [0.2, 0.25) is 0 Å². The van der Waals surface area contributed by atoms with Crippen molar-refractivity contribution in [2.75, 3.05) is 13.6 Å². The third-order valence-electron chi connectivity index (χ3n) is 3.50. The van der Waals surface area contributed by atoms with Gasteiger partial charge in [-0.15, -0.1) is 0 Å². The van der Waals surface area contributed by atoms with Crippen LogP contribution >= 0.6 is 11.6 Å². The van der Waals surface area contributed by atoms with Gasteiger partial charge in [-0.25, -0.2) is 9.97 Å². The molecule has 2 aromatic heterocycles. The molecular weight excluding hydrogens is 324 g/mol. The number of rotatable bonds is 7. The molecule has 2 heterocycles. The lowest BCUT2D eigenvalue weighted by atomic mass is 10.2. The Balaban J connectivity index is 1.78. The van der Waals surface area contributed by atoms with Gasteiger partial charge in [0.05, 0.1) is 6.54 Å². The summed E-state index contributed by atoms with van der Waals surface area (Å²) in [6.45, 7) is 6.77. The van der Waals surface area contributed by atoms with E-state index in [2.05, 4.69) is 44.0 Å². The number of hydrogen-bond donors (Lipinski definition) is 2. The molecule has 2 aromatic rings. The average molecular weight is 349 g/mol. The lowest BCUT2D eigenvalue weighted by Crippen LogP contribution is -2.38. The molecule has 6 nitrogen and oxygen atoms in total. The van der Waals surface area contributed by atoms with Gasteiger partial charge >= 0.3 is 0 Å². The summed E-state index contributed by atoms with van der Waals surface area (Å²) in [7, 11) is 1.76. The van der Waals surface area contributed by atoms with Crippen molar-refractivity contribution in [1.29, 1.82) is 0 Å². The van der Waals surface area contributed by atoms with Crippen LogP contribution in [-0.4, -0.2) is 34.1 Å². The maximum absolute atomic E-state index is 5.79. The summed E-state index contributed by atoms with van der Waals surface area (Å²) in [6.07, 6.45) is 6.50. The molecule has 0 bridgehead atoms. The number of hydrogen-bond acceptors (Lipinski definition) is 3. The number of halogens is 1. The number of aromatic nitrogens is 3. The van der Waals surface area contributed by atoms with Crippen LogP contribution in [0.2, 0.25) is 5.15 Å². The fourth-order valence-corrected chi connectivity index (χ4v) is 2.44. The van der Waals surface area contributed by atoms with Gasteiger partial charge in [0.25, 0.3) is 0 Å². The van der Waals surface area contributed by atoms with E-state index >= 15 is 0 Å². The van der Waals surface area contributed by atoms with Crippen molar-refractivity contribution < 1.29 is 0 Å². The highest BCUT2D eigenvalue weighted by Gasteiger charge is 2.06. The van der Waals surface area contributed by atoms with E-state index in [9.17, 15) is 0 Å². The molecule has 2 rings (SSSR count). The molecule has 0 radical (unpaired) electrons. The van der Waals surface area contributed by atoms with Crippen molar-refractivity contribution in [3.63, 3.8) is 0 Å². The number of imidazole rings is 1. The third-order valence-corrected chi connectivity index (χ3v) is 3.72. The molecule has 0 unspecified atom stereocenters. The predicted molar refractivity (Wildman–Crippen MR) is 98.2 cm³/mol. The summed E-state index contributed by atoms with van der Waals surface area (Å²) < 4.78 is 2.17. The summed E-state index contributed by atoms with van der Waals surface area (Å²) in [5.41, 5.74) is 1.13. The second-order valence-electron chi connectivity index (χ2n) is 5.98. The summed E-state index contributed by atoms with van der Waals surface area (Å²) in [6, 6.07) is 3.79. The number of guanidine groups is 1. The molecule has 7 heteroatoms. The minimum Gasteiger partial charge on any atom is -0.356 e. The first-order chi connectivity index (χ1) is 11.6. The normalized spacial score (nSPS) is 11.8. The monoisotopic (exact) mass is 348 g/mol. The molecule has 0 aromatic carbocycles. The zero-order valence-corrected chi connectivity index (χ0v) is 15.2. The van der Waals surface area contributed by atoms with Crippen molar-refractivity contribution in [1.82, 2.24) is 25.2 Å². The molecular formula is C17H25ClN6. The van der Waals surface area contributed by atoms with Gasteiger partial charge in [-0.1, -0.05) is 31.5 Å². The smallest absolute Gasteiger partial charge is 0.191 e. The first-order valence-corrected chi connectivity index (χ1v) is 8.51. The topological polar surface area (TPSA) is 67.1 Å². The first kappa shape index (κ1) is 18.3. The molecule has 0 aliphatic heterocycles. The van der Waals surface area contributed by atoms with Crippen molar-refractivity contribution >= 4 is 17.6 Å². The van der Waals surface area contributed by atoms with E-state index in [1.807, 2.05) is 18.5 Å². The molecule has 0 saturated heterocycles. The van der Waals surface area contributed by atoms with E-state index in [1.165, 1.54) is 0 Å². The number of pyridine rings is 1. The Bertz CT molecular complexity index is 647. The molecule has 0 spiro atoms. The standard InChI is InChI=1S/C17H25ClN6/c1-13(2)12-24-9-8-20-16(24)11-23-17(19-3)21-7-6-14-4-5-15(18)22-10-14/h4-5,8-10,13H,6-7,11-12H2,1-3H3,(H2,19,21,23). The van der Waals surface area contributed by atoms with E-state index in [-0.39, 0.29) is 0 Å². The molecule has 0 saturated carbocycles. The summed E-state index contributed by atoms with van der Waals surface area (Å²) >= 11 is 5.79. The minimum atomic E-state index is 0.515. The van der Waals surface area contributed by atoms with Gasteiger partial charge in [0.1, 0.15) is 11.0 Å². The quantitative estimate of drug-likeness (QED) is 0.458. The van der Waals surface area contributed by atoms with Crippen LogP contribution < -0.4 is 10.6 Å². The fraction of sp³-hybridized carbons (Fsp3) is 0.471. The third kappa shape index (κ3) is 5.85. The van der Waals surface area contributed by atoms with Crippen LogP contribution in [0.3, 0.4) is 0 Å². The molecule has 0 aliphatic carbocycles. The van der Waals surface area contributed by atoms with E-state index < -0.39 is 0 Å². The van der Waals surface area contributed by atoms with E-state index in [4.69, 9.17) is 11.6 Å². The second kappa shape index (κ2) is 9.27.